The summed E-state index contributed by atoms with van der Waals surface area (Å²) >= 11 is 0. The van der Waals surface area contributed by atoms with Crippen molar-refractivity contribution in [3.8, 4) is 22.6 Å². The molecule has 0 amide bonds. The van der Waals surface area contributed by atoms with Crippen molar-refractivity contribution in [3.63, 3.8) is 0 Å². The van der Waals surface area contributed by atoms with E-state index in [0.29, 0.717) is 24.1 Å². The average molecular weight is 487 g/mol. The Labute approximate surface area is 215 Å². The summed E-state index contributed by atoms with van der Waals surface area (Å²) in [6, 6.07) is 34.9. The molecule has 4 aromatic carbocycles. The van der Waals surface area contributed by atoms with Gasteiger partial charge in [-0.3, -0.25) is 0 Å². The second-order valence-corrected chi connectivity index (χ2v) is 8.81. The van der Waals surface area contributed by atoms with Gasteiger partial charge in [0.05, 0.1) is 7.11 Å². The molecule has 2 heterocycles. The molecule has 6 nitrogen and oxygen atoms in total. The van der Waals surface area contributed by atoms with Crippen molar-refractivity contribution in [1.82, 2.24) is 14.8 Å². The quantitative estimate of drug-likeness (QED) is 0.281. The molecular weight excluding hydrogens is 460 g/mol. The molecule has 6 rings (SSSR count). The zero-order valence-electron chi connectivity index (χ0n) is 20.4. The van der Waals surface area contributed by atoms with E-state index in [1.165, 1.54) is 11.1 Å². The number of aromatic nitrogens is 3. The number of hydrogen-bond acceptors (Lipinski definition) is 5. The molecule has 5 aromatic rings. The highest BCUT2D eigenvalue weighted by molar-refractivity contribution is 5.78. The van der Waals surface area contributed by atoms with Gasteiger partial charge in [0.2, 0.25) is 5.95 Å². The van der Waals surface area contributed by atoms with Crippen LogP contribution in [0.15, 0.2) is 116 Å². The van der Waals surface area contributed by atoms with Crippen LogP contribution in [0.2, 0.25) is 0 Å². The number of nitrogens with one attached hydrogen (secondary N) is 1. The van der Waals surface area contributed by atoms with Gasteiger partial charge in [0, 0.05) is 5.70 Å². The third kappa shape index (κ3) is 4.69. The smallest absolute Gasteiger partial charge is 0.226 e. The van der Waals surface area contributed by atoms with Crippen LogP contribution < -0.4 is 14.8 Å². The van der Waals surface area contributed by atoms with E-state index < -0.39 is 0 Å². The molecule has 0 saturated heterocycles. The van der Waals surface area contributed by atoms with Crippen molar-refractivity contribution in [2.75, 3.05) is 12.4 Å². The van der Waals surface area contributed by atoms with Crippen molar-refractivity contribution in [3.05, 3.63) is 132 Å². The summed E-state index contributed by atoms with van der Waals surface area (Å²) in [7, 11) is 1.65. The maximum atomic E-state index is 6.18. The first-order valence-corrected chi connectivity index (χ1v) is 12.2. The van der Waals surface area contributed by atoms with Crippen LogP contribution in [0, 0.1) is 0 Å². The van der Waals surface area contributed by atoms with E-state index in [9.17, 15) is 0 Å². The van der Waals surface area contributed by atoms with E-state index in [1.54, 1.807) is 13.4 Å². The van der Waals surface area contributed by atoms with Crippen molar-refractivity contribution in [2.45, 2.75) is 12.6 Å². The van der Waals surface area contributed by atoms with E-state index in [4.69, 9.17) is 9.47 Å². The van der Waals surface area contributed by atoms with Gasteiger partial charge in [-0.25, -0.2) is 4.68 Å². The lowest BCUT2D eigenvalue weighted by Gasteiger charge is -2.25. The first-order chi connectivity index (χ1) is 18.3. The van der Waals surface area contributed by atoms with Crippen LogP contribution in [0.5, 0.6) is 11.5 Å². The maximum Gasteiger partial charge on any atom is 0.226 e. The number of ether oxygens (including phenoxy) is 2. The van der Waals surface area contributed by atoms with Gasteiger partial charge in [-0.2, -0.15) is 10.1 Å². The fraction of sp³-hybridized carbons (Fsp3) is 0.0968. The van der Waals surface area contributed by atoms with Crippen molar-refractivity contribution >= 4 is 11.6 Å². The third-order valence-corrected chi connectivity index (χ3v) is 6.48. The van der Waals surface area contributed by atoms with Crippen molar-refractivity contribution in [1.29, 1.82) is 0 Å². The molecule has 0 aliphatic carbocycles. The standard InChI is InChI=1S/C31H26N4O2/c1-36-29-17-16-26(18-30(29)37-20-22-8-4-2-5-9-22)28-19-27(34-31-32-21-33-35(28)31)25-14-12-24(13-15-25)23-10-6-3-7-11-23/h2-19,21,28H,20H2,1H3,(H,32,33,34). The number of hydrogen-bond donors (Lipinski definition) is 1. The Balaban J connectivity index is 1.32. The molecule has 1 aliphatic rings. The minimum atomic E-state index is -0.160. The van der Waals surface area contributed by atoms with Crippen LogP contribution >= 0.6 is 0 Å². The number of nitrogens with zero attached hydrogens (tertiary/aromatic N) is 3. The monoisotopic (exact) mass is 486 g/mol. The Morgan fingerprint density at radius 1 is 0.784 bits per heavy atom. The van der Waals surface area contributed by atoms with Crippen LogP contribution in [0.1, 0.15) is 22.7 Å². The lowest BCUT2D eigenvalue weighted by Crippen LogP contribution is -2.20. The molecule has 182 valence electrons. The fourth-order valence-corrected chi connectivity index (χ4v) is 4.54. The second kappa shape index (κ2) is 10.0. The topological polar surface area (TPSA) is 61.2 Å². The van der Waals surface area contributed by atoms with Crippen LogP contribution in [-0.2, 0) is 6.61 Å². The summed E-state index contributed by atoms with van der Waals surface area (Å²) in [5, 5.41) is 7.92. The molecule has 1 aliphatic heterocycles. The molecule has 0 fully saturated rings. The lowest BCUT2D eigenvalue weighted by molar-refractivity contribution is 0.284. The molecule has 1 N–H and O–H groups in total. The van der Waals surface area contributed by atoms with Gasteiger partial charge in [-0.15, -0.1) is 0 Å². The summed E-state index contributed by atoms with van der Waals surface area (Å²) in [5.41, 5.74) is 6.54. The van der Waals surface area contributed by atoms with Gasteiger partial charge in [0.15, 0.2) is 11.5 Å². The number of methoxy groups -OCH3 is 1. The lowest BCUT2D eigenvalue weighted by atomic mass is 9.99. The molecule has 6 heteroatoms. The Morgan fingerprint density at radius 2 is 1.49 bits per heavy atom. The SMILES string of the molecule is COc1ccc(C2C=C(c3ccc(-c4ccccc4)cc3)Nc3ncnn32)cc1OCc1ccccc1. The molecule has 0 saturated carbocycles. The number of rotatable bonds is 7. The summed E-state index contributed by atoms with van der Waals surface area (Å²) in [6.45, 7) is 0.455. The number of anilines is 1. The first-order valence-electron chi connectivity index (χ1n) is 12.2. The third-order valence-electron chi connectivity index (χ3n) is 6.48. The number of allylic oxidation sites excluding steroid dienone is 1. The Hall–Kier alpha value is -4.84. The molecule has 0 bridgehead atoms. The molecule has 0 spiro atoms. The summed E-state index contributed by atoms with van der Waals surface area (Å²) in [6.07, 6.45) is 3.74. The van der Waals surface area contributed by atoms with Gasteiger partial charge >= 0.3 is 0 Å². The molecule has 37 heavy (non-hydrogen) atoms. The van der Waals surface area contributed by atoms with Crippen LogP contribution in [-0.4, -0.2) is 21.9 Å². The predicted molar refractivity (Wildman–Crippen MR) is 145 cm³/mol. The Morgan fingerprint density at radius 3 is 2.24 bits per heavy atom. The zero-order valence-corrected chi connectivity index (χ0v) is 20.4. The largest absolute Gasteiger partial charge is 0.493 e. The summed E-state index contributed by atoms with van der Waals surface area (Å²) in [4.78, 5) is 4.45. The molecular formula is C31H26N4O2. The van der Waals surface area contributed by atoms with Gasteiger partial charge in [0.1, 0.15) is 19.0 Å². The average Bonchev–Trinajstić information content (AvgIpc) is 3.45. The van der Waals surface area contributed by atoms with Gasteiger partial charge in [0.25, 0.3) is 0 Å². The number of fused-ring (bicyclic) bond motifs is 1. The number of benzene rings is 4. The second-order valence-electron chi connectivity index (χ2n) is 8.81. The van der Waals surface area contributed by atoms with E-state index in [2.05, 4.69) is 70.0 Å². The van der Waals surface area contributed by atoms with E-state index in [1.807, 2.05) is 59.3 Å². The van der Waals surface area contributed by atoms with Crippen molar-refractivity contribution < 1.29 is 9.47 Å². The van der Waals surface area contributed by atoms with Gasteiger partial charge < -0.3 is 14.8 Å². The van der Waals surface area contributed by atoms with E-state index in [0.717, 1.165) is 22.4 Å². The van der Waals surface area contributed by atoms with Gasteiger partial charge in [-0.1, -0.05) is 91.0 Å². The highest BCUT2D eigenvalue weighted by atomic mass is 16.5. The van der Waals surface area contributed by atoms with Crippen molar-refractivity contribution in [2.24, 2.45) is 0 Å². The highest BCUT2D eigenvalue weighted by Gasteiger charge is 2.24. The first kappa shape index (κ1) is 22.6. The normalized spacial score (nSPS) is 14.3. The van der Waals surface area contributed by atoms with Crippen LogP contribution in [0.25, 0.3) is 16.8 Å². The maximum absolute atomic E-state index is 6.18. The Kier molecular flexibility index (Phi) is 6.13. The van der Waals surface area contributed by atoms with Gasteiger partial charge in [-0.05, 0) is 46.0 Å². The molecule has 1 unspecified atom stereocenters. The fourth-order valence-electron chi connectivity index (χ4n) is 4.54. The van der Waals surface area contributed by atoms with Crippen LogP contribution in [0.3, 0.4) is 0 Å². The summed E-state index contributed by atoms with van der Waals surface area (Å²) in [5.74, 6) is 2.07. The van der Waals surface area contributed by atoms with E-state index in [-0.39, 0.29) is 6.04 Å². The predicted octanol–water partition coefficient (Wildman–Crippen LogP) is 6.59. The molecule has 0 radical (unpaired) electrons. The Bertz CT molecular complexity index is 1530. The van der Waals surface area contributed by atoms with Crippen LogP contribution in [0.4, 0.5) is 5.95 Å². The minimum absolute atomic E-state index is 0.160. The highest BCUT2D eigenvalue weighted by Crippen LogP contribution is 2.37. The zero-order chi connectivity index (χ0) is 25.0. The summed E-state index contributed by atoms with van der Waals surface area (Å²) < 4.78 is 13.6. The minimum Gasteiger partial charge on any atom is -0.493 e. The van der Waals surface area contributed by atoms with E-state index >= 15 is 0 Å². The molecule has 1 atom stereocenters. The molecule has 1 aromatic heterocycles.